The number of aromatic nitrogens is 6. The fraction of sp³-hybridized carbons (Fsp3) is 0.0400. The van der Waals surface area contributed by atoms with Gasteiger partial charge in [-0.3, -0.25) is 9.97 Å². The van der Waals surface area contributed by atoms with Gasteiger partial charge in [-0.05, 0) is 18.2 Å². The summed E-state index contributed by atoms with van der Waals surface area (Å²) >= 11 is 1.54. The number of fused-ring (bicyclic) bond motifs is 1. The number of oxazole rings is 1. The lowest BCUT2D eigenvalue weighted by atomic mass is 10.1. The van der Waals surface area contributed by atoms with Gasteiger partial charge in [0.1, 0.15) is 17.4 Å². The third kappa shape index (κ3) is 4.55. The zero-order valence-corrected chi connectivity index (χ0v) is 19.0. The molecule has 0 radical (unpaired) electrons. The summed E-state index contributed by atoms with van der Waals surface area (Å²) in [6.45, 7) is 0.280. The van der Waals surface area contributed by atoms with Crippen LogP contribution in [0.3, 0.4) is 0 Å². The van der Waals surface area contributed by atoms with Gasteiger partial charge in [0.15, 0.2) is 12.2 Å². The maximum Gasteiger partial charge on any atom is 0.227 e. The van der Waals surface area contributed by atoms with Crippen LogP contribution < -0.4 is 10.1 Å². The van der Waals surface area contributed by atoms with Crippen molar-refractivity contribution in [3.8, 4) is 27.6 Å². The maximum absolute atomic E-state index is 6.14. The Morgan fingerprint density at radius 2 is 1.94 bits per heavy atom. The van der Waals surface area contributed by atoms with Gasteiger partial charge in [0.2, 0.25) is 5.95 Å². The minimum Gasteiger partial charge on any atom is -0.486 e. The van der Waals surface area contributed by atoms with Crippen LogP contribution in [-0.2, 0) is 6.61 Å². The lowest BCUT2D eigenvalue weighted by Crippen LogP contribution is -2.01. The number of nitrogens with one attached hydrogen (secondary N) is 1. The van der Waals surface area contributed by atoms with E-state index in [2.05, 4.69) is 30.2 Å². The van der Waals surface area contributed by atoms with Crippen LogP contribution in [0, 0.1) is 0 Å². The van der Waals surface area contributed by atoms with Crippen molar-refractivity contribution in [2.45, 2.75) is 6.61 Å². The quantitative estimate of drug-likeness (QED) is 0.316. The van der Waals surface area contributed by atoms with Gasteiger partial charge in [-0.25, -0.2) is 19.9 Å². The molecule has 0 aliphatic carbocycles. The van der Waals surface area contributed by atoms with Gasteiger partial charge in [-0.15, -0.1) is 11.3 Å². The van der Waals surface area contributed by atoms with Gasteiger partial charge in [0.05, 0.1) is 29.2 Å². The number of rotatable bonds is 7. The number of thiazole rings is 1. The zero-order chi connectivity index (χ0) is 23.5. The molecule has 2 aromatic carbocycles. The first-order chi connectivity index (χ1) is 17.3. The number of nitrogens with zero attached hydrogens (tertiary/aromatic N) is 6. The third-order valence-corrected chi connectivity index (χ3v) is 5.98. The Balaban J connectivity index is 1.33. The highest BCUT2D eigenvalue weighted by molar-refractivity contribution is 7.13. The Hall–Kier alpha value is -4.70. The minimum absolute atomic E-state index is 0.280. The van der Waals surface area contributed by atoms with Gasteiger partial charge >= 0.3 is 0 Å². The van der Waals surface area contributed by atoms with Crippen molar-refractivity contribution >= 4 is 33.9 Å². The van der Waals surface area contributed by atoms with Crippen LogP contribution in [0.5, 0.6) is 5.75 Å². The summed E-state index contributed by atoms with van der Waals surface area (Å²) in [5.41, 5.74) is 4.08. The number of hydrogen-bond acceptors (Lipinski definition) is 10. The van der Waals surface area contributed by atoms with E-state index in [9.17, 15) is 0 Å². The van der Waals surface area contributed by atoms with Gasteiger partial charge in [0, 0.05) is 52.9 Å². The van der Waals surface area contributed by atoms with Gasteiger partial charge in [-0.1, -0.05) is 12.1 Å². The van der Waals surface area contributed by atoms with Crippen molar-refractivity contribution in [1.29, 1.82) is 0 Å². The molecule has 0 saturated heterocycles. The summed E-state index contributed by atoms with van der Waals surface area (Å²) in [7, 11) is 0. The largest absolute Gasteiger partial charge is 0.486 e. The SMILES string of the molecule is c1cc(Nc2ncc3cc(-c4nccs4)c(OCc4cnccn4)cc3n2)cc(-c2cnco2)c1. The van der Waals surface area contributed by atoms with Crippen molar-refractivity contribution in [2.24, 2.45) is 0 Å². The highest BCUT2D eigenvalue weighted by Gasteiger charge is 2.14. The van der Waals surface area contributed by atoms with Crippen molar-refractivity contribution in [3.05, 3.63) is 91.0 Å². The highest BCUT2D eigenvalue weighted by Crippen LogP contribution is 2.35. The third-order valence-electron chi connectivity index (χ3n) is 5.17. The van der Waals surface area contributed by atoms with Crippen LogP contribution in [-0.4, -0.2) is 29.9 Å². The first-order valence-corrected chi connectivity index (χ1v) is 11.5. The Bertz CT molecular complexity index is 1570. The molecule has 10 heteroatoms. The first-order valence-electron chi connectivity index (χ1n) is 10.7. The monoisotopic (exact) mass is 479 g/mol. The Labute approximate surface area is 203 Å². The van der Waals surface area contributed by atoms with Crippen LogP contribution >= 0.6 is 11.3 Å². The highest BCUT2D eigenvalue weighted by atomic mass is 32.1. The fourth-order valence-electron chi connectivity index (χ4n) is 3.56. The van der Waals surface area contributed by atoms with E-state index in [4.69, 9.17) is 14.1 Å². The molecule has 0 amide bonds. The van der Waals surface area contributed by atoms with Crippen molar-refractivity contribution in [2.75, 3.05) is 5.32 Å². The molecule has 0 unspecified atom stereocenters. The topological polar surface area (TPSA) is 112 Å². The Morgan fingerprint density at radius 3 is 2.77 bits per heavy atom. The number of anilines is 2. The molecule has 6 aromatic rings. The van der Waals surface area contributed by atoms with Crippen LogP contribution in [0.4, 0.5) is 11.6 Å². The van der Waals surface area contributed by atoms with Crippen molar-refractivity contribution in [1.82, 2.24) is 29.9 Å². The minimum atomic E-state index is 0.280. The van der Waals surface area contributed by atoms with E-state index in [1.807, 2.05) is 41.8 Å². The van der Waals surface area contributed by atoms with E-state index in [1.165, 1.54) is 6.39 Å². The average Bonchev–Trinajstić information content (AvgIpc) is 3.63. The molecule has 170 valence electrons. The van der Waals surface area contributed by atoms with Gasteiger partial charge in [0.25, 0.3) is 0 Å². The molecular formula is C25H17N7O2S. The summed E-state index contributed by atoms with van der Waals surface area (Å²) in [6, 6.07) is 11.7. The molecular weight excluding hydrogens is 462 g/mol. The smallest absolute Gasteiger partial charge is 0.227 e. The first kappa shape index (κ1) is 20.9. The second kappa shape index (κ2) is 9.27. The summed E-state index contributed by atoms with van der Waals surface area (Å²) < 4.78 is 11.5. The van der Waals surface area contributed by atoms with E-state index in [-0.39, 0.29) is 6.61 Å². The van der Waals surface area contributed by atoms with Gasteiger partial charge < -0.3 is 14.5 Å². The average molecular weight is 480 g/mol. The number of benzene rings is 2. The van der Waals surface area contributed by atoms with Crippen molar-refractivity contribution < 1.29 is 9.15 Å². The predicted octanol–water partition coefficient (Wildman–Crippen LogP) is 5.52. The second-order valence-corrected chi connectivity index (χ2v) is 8.39. The Kier molecular flexibility index (Phi) is 5.53. The molecule has 6 rings (SSSR count). The standard InChI is InChI=1S/C25H17N7O2S/c1-2-16(23-13-27-15-34-23)8-18(3-1)31-25-30-11-17-9-20(24-29-6-7-35-24)22(10-21(17)32-25)33-14-19-12-26-4-5-28-19/h1-13,15H,14H2,(H,30,31,32). The molecule has 4 heterocycles. The molecule has 0 aliphatic heterocycles. The number of hydrogen-bond donors (Lipinski definition) is 1. The van der Waals surface area contributed by atoms with E-state index in [1.54, 1.807) is 48.5 Å². The van der Waals surface area contributed by atoms with Crippen LogP contribution in [0.2, 0.25) is 0 Å². The molecule has 35 heavy (non-hydrogen) atoms. The zero-order valence-electron chi connectivity index (χ0n) is 18.2. The second-order valence-electron chi connectivity index (χ2n) is 7.49. The summed E-state index contributed by atoms with van der Waals surface area (Å²) in [4.78, 5) is 26.1. The molecule has 0 atom stereocenters. The normalized spacial score (nSPS) is 11.0. The maximum atomic E-state index is 6.14. The van der Waals surface area contributed by atoms with E-state index < -0.39 is 0 Å². The molecule has 0 spiro atoms. The molecule has 1 N–H and O–H groups in total. The lowest BCUT2D eigenvalue weighted by molar-refractivity contribution is 0.302. The molecule has 4 aromatic heterocycles. The molecule has 0 aliphatic rings. The summed E-state index contributed by atoms with van der Waals surface area (Å²) in [5, 5.41) is 6.93. The molecule has 0 bridgehead atoms. The van der Waals surface area contributed by atoms with Gasteiger partial charge in [-0.2, -0.15) is 0 Å². The molecule has 0 fully saturated rings. The summed E-state index contributed by atoms with van der Waals surface area (Å²) in [6.07, 6.45) is 11.6. The van der Waals surface area contributed by atoms with E-state index in [0.29, 0.717) is 17.5 Å². The fourth-order valence-corrected chi connectivity index (χ4v) is 4.22. The van der Waals surface area contributed by atoms with Crippen LogP contribution in [0.25, 0.3) is 32.8 Å². The van der Waals surface area contributed by atoms with Crippen LogP contribution in [0.1, 0.15) is 5.69 Å². The van der Waals surface area contributed by atoms with E-state index in [0.717, 1.165) is 38.4 Å². The molecule has 0 saturated carbocycles. The van der Waals surface area contributed by atoms with Crippen molar-refractivity contribution in [3.63, 3.8) is 0 Å². The number of ether oxygens (including phenoxy) is 1. The Morgan fingerprint density at radius 1 is 0.943 bits per heavy atom. The lowest BCUT2D eigenvalue weighted by Gasteiger charge is -2.12. The predicted molar refractivity (Wildman–Crippen MR) is 132 cm³/mol. The summed E-state index contributed by atoms with van der Waals surface area (Å²) in [5.74, 6) is 1.82. The molecule has 9 nitrogen and oxygen atoms in total. The van der Waals surface area contributed by atoms with E-state index >= 15 is 0 Å². The van der Waals surface area contributed by atoms with Crippen LogP contribution in [0.15, 0.2) is 89.8 Å².